The summed E-state index contributed by atoms with van der Waals surface area (Å²) in [7, 11) is -0.628. The third kappa shape index (κ3) is 7.46. The molecule has 1 aliphatic rings. The van der Waals surface area contributed by atoms with Gasteiger partial charge in [0.25, 0.3) is 0 Å². The van der Waals surface area contributed by atoms with E-state index < -0.39 is 25.4 Å². The van der Waals surface area contributed by atoms with Crippen LogP contribution in [0.1, 0.15) is 82.0 Å². The zero-order valence-corrected chi connectivity index (χ0v) is 25.8. The number of esters is 1. The van der Waals surface area contributed by atoms with Crippen molar-refractivity contribution in [1.29, 1.82) is 0 Å². The van der Waals surface area contributed by atoms with Gasteiger partial charge in [-0.25, -0.2) is 9.78 Å². The molecule has 0 spiro atoms. The number of carbonyl (C=O) groups excluding carboxylic acids is 1. The molecular weight excluding hydrogens is 512 g/mol. The molecule has 2 aromatic rings. The van der Waals surface area contributed by atoms with Gasteiger partial charge in [0.2, 0.25) is 5.88 Å². The first-order valence-corrected chi connectivity index (χ1v) is 16.4. The molecule has 1 aliphatic heterocycles. The number of pyridine rings is 1. The Kier molecular flexibility index (Phi) is 8.99. The highest BCUT2D eigenvalue weighted by molar-refractivity contribution is 6.74. The average molecular weight is 557 g/mol. The molecule has 8 nitrogen and oxygen atoms in total. The normalized spacial score (nSPS) is 20.9. The van der Waals surface area contributed by atoms with E-state index in [-0.39, 0.29) is 28.7 Å². The van der Waals surface area contributed by atoms with E-state index in [1.807, 2.05) is 32.9 Å². The van der Waals surface area contributed by atoms with Crippen molar-refractivity contribution in [2.45, 2.75) is 102 Å². The number of nitrogens with zero attached hydrogens (tertiary/aromatic N) is 1. The van der Waals surface area contributed by atoms with Crippen molar-refractivity contribution in [3.63, 3.8) is 0 Å². The van der Waals surface area contributed by atoms with Gasteiger partial charge >= 0.3 is 11.9 Å². The first kappa shape index (κ1) is 30.8. The van der Waals surface area contributed by atoms with Crippen LogP contribution in [0.15, 0.2) is 42.6 Å². The van der Waals surface area contributed by atoms with Crippen molar-refractivity contribution in [1.82, 2.24) is 10.3 Å². The van der Waals surface area contributed by atoms with Gasteiger partial charge in [0.15, 0.2) is 8.32 Å². The summed E-state index contributed by atoms with van der Waals surface area (Å²) in [6, 6.07) is 10.3. The number of carboxylic acid groups (broad SMARTS) is 1. The topological polar surface area (TPSA) is 107 Å². The Hall–Kier alpha value is -2.75. The third-order valence-corrected chi connectivity index (χ3v) is 12.2. The van der Waals surface area contributed by atoms with Gasteiger partial charge in [-0.2, -0.15) is 0 Å². The molecule has 3 atom stereocenters. The molecule has 0 amide bonds. The van der Waals surface area contributed by atoms with Crippen LogP contribution < -0.4 is 10.1 Å². The van der Waals surface area contributed by atoms with Gasteiger partial charge in [0, 0.05) is 24.7 Å². The molecule has 214 valence electrons. The van der Waals surface area contributed by atoms with E-state index in [4.69, 9.17) is 13.9 Å². The number of nitrogens with one attached hydrogen (secondary N) is 1. The lowest BCUT2D eigenvalue weighted by molar-refractivity contribution is -0.163. The molecule has 0 bridgehead atoms. The van der Waals surface area contributed by atoms with E-state index >= 15 is 0 Å². The number of hydrogen-bond acceptors (Lipinski definition) is 7. The van der Waals surface area contributed by atoms with Crippen LogP contribution in [0.3, 0.4) is 0 Å². The summed E-state index contributed by atoms with van der Waals surface area (Å²) >= 11 is 0. The second kappa shape index (κ2) is 11.4. The van der Waals surface area contributed by atoms with E-state index in [1.165, 1.54) is 0 Å². The monoisotopic (exact) mass is 556 g/mol. The van der Waals surface area contributed by atoms with E-state index in [1.54, 1.807) is 37.6 Å². The Bertz CT molecular complexity index is 1150. The predicted octanol–water partition coefficient (Wildman–Crippen LogP) is 5.93. The zero-order chi connectivity index (χ0) is 29.2. The molecule has 2 N–H and O–H groups in total. The maximum Gasteiger partial charge on any atom is 0.335 e. The largest absolute Gasteiger partial charge is 0.481 e. The molecule has 0 unspecified atom stereocenters. The minimum absolute atomic E-state index is 0.0160. The van der Waals surface area contributed by atoms with Crippen LogP contribution in [0.25, 0.3) is 0 Å². The molecule has 2 heterocycles. The van der Waals surface area contributed by atoms with E-state index in [9.17, 15) is 14.7 Å². The SMILES string of the molecule is COc1ccc([C@@H](O[Si](C)(C)C(C)(C)C)[C@H]2CC[C@](Cc3ccc(C(=O)O)cc3)(C(=O)OC(C)(C)C)N2)cn1. The molecule has 1 aromatic carbocycles. The first-order valence-electron chi connectivity index (χ1n) is 13.5. The molecule has 0 saturated carbocycles. The van der Waals surface area contributed by atoms with Crippen LogP contribution in [-0.2, 0) is 20.4 Å². The van der Waals surface area contributed by atoms with Crippen molar-refractivity contribution in [2.75, 3.05) is 7.11 Å². The minimum atomic E-state index is -2.21. The highest BCUT2D eigenvalue weighted by Gasteiger charge is 2.51. The Morgan fingerprint density at radius 3 is 2.23 bits per heavy atom. The lowest BCUT2D eigenvalue weighted by Gasteiger charge is -2.41. The molecule has 1 aromatic heterocycles. The van der Waals surface area contributed by atoms with Crippen LogP contribution in [0.4, 0.5) is 0 Å². The lowest BCUT2D eigenvalue weighted by atomic mass is 9.88. The van der Waals surface area contributed by atoms with Crippen molar-refractivity contribution in [2.24, 2.45) is 0 Å². The van der Waals surface area contributed by atoms with Gasteiger partial charge < -0.3 is 19.0 Å². The summed E-state index contributed by atoms with van der Waals surface area (Å²) in [4.78, 5) is 29.5. The van der Waals surface area contributed by atoms with Gasteiger partial charge in [0.05, 0.1) is 18.8 Å². The number of benzene rings is 1. The number of aromatic carboxylic acids is 1. The van der Waals surface area contributed by atoms with Crippen molar-refractivity contribution in [3.05, 3.63) is 59.3 Å². The van der Waals surface area contributed by atoms with Gasteiger partial charge in [-0.3, -0.25) is 10.1 Å². The maximum absolute atomic E-state index is 13.8. The van der Waals surface area contributed by atoms with Crippen molar-refractivity contribution in [3.8, 4) is 5.88 Å². The van der Waals surface area contributed by atoms with Crippen molar-refractivity contribution >= 4 is 20.3 Å². The first-order chi connectivity index (χ1) is 18.0. The van der Waals surface area contributed by atoms with Crippen molar-refractivity contribution < 1.29 is 28.6 Å². The second-order valence-corrected chi connectivity index (χ2v) is 17.7. The molecule has 0 radical (unpaired) electrons. The summed E-state index contributed by atoms with van der Waals surface area (Å²) in [5, 5.41) is 12.9. The summed E-state index contributed by atoms with van der Waals surface area (Å²) in [5.41, 5.74) is 0.332. The van der Waals surface area contributed by atoms with Gasteiger partial charge in [-0.05, 0) is 81.1 Å². The molecule has 0 aliphatic carbocycles. The average Bonchev–Trinajstić information content (AvgIpc) is 3.26. The van der Waals surface area contributed by atoms with Gasteiger partial charge in [0.1, 0.15) is 11.1 Å². The number of carboxylic acids is 1. The highest BCUT2D eigenvalue weighted by Crippen LogP contribution is 2.43. The summed E-state index contributed by atoms with van der Waals surface area (Å²) in [6.45, 7) is 16.6. The lowest BCUT2D eigenvalue weighted by Crippen LogP contribution is -2.56. The molecule has 1 saturated heterocycles. The fraction of sp³-hybridized carbons (Fsp3) is 0.567. The standard InChI is InChI=1S/C30H44N2O6Si/c1-28(2,3)37-27(35)30(18-20-10-12-21(13-11-20)26(33)34)17-16-23(32-30)25(38-39(8,9)29(4,5)6)22-14-15-24(36-7)31-19-22/h10-15,19,23,25,32H,16-18H2,1-9H3,(H,33,34)/t23-,25-,30+/m1/s1. The quantitative estimate of drug-likeness (QED) is 0.289. The van der Waals surface area contributed by atoms with E-state index in [0.717, 1.165) is 11.1 Å². The van der Waals surface area contributed by atoms with Crippen LogP contribution >= 0.6 is 0 Å². The Morgan fingerprint density at radius 2 is 1.74 bits per heavy atom. The fourth-order valence-corrected chi connectivity index (χ4v) is 5.84. The Balaban J connectivity index is 2.00. The van der Waals surface area contributed by atoms with Gasteiger partial charge in [-0.15, -0.1) is 0 Å². The summed E-state index contributed by atoms with van der Waals surface area (Å²) in [6.07, 6.45) is 3.07. The Labute approximate surface area is 233 Å². The fourth-order valence-electron chi connectivity index (χ4n) is 4.55. The summed E-state index contributed by atoms with van der Waals surface area (Å²) < 4.78 is 18.2. The summed E-state index contributed by atoms with van der Waals surface area (Å²) in [5.74, 6) is -0.781. The number of ether oxygens (including phenoxy) is 2. The maximum atomic E-state index is 13.8. The highest BCUT2D eigenvalue weighted by atomic mass is 28.4. The number of methoxy groups -OCH3 is 1. The zero-order valence-electron chi connectivity index (χ0n) is 24.8. The van der Waals surface area contributed by atoms with E-state index in [2.05, 4.69) is 44.2 Å². The number of hydrogen-bond donors (Lipinski definition) is 2. The minimum Gasteiger partial charge on any atom is -0.481 e. The molecule has 1 fully saturated rings. The van der Waals surface area contributed by atoms with Crippen LogP contribution in [-0.4, -0.2) is 54.6 Å². The Morgan fingerprint density at radius 1 is 1.10 bits per heavy atom. The van der Waals surface area contributed by atoms with Crippen LogP contribution in [0.5, 0.6) is 5.88 Å². The number of aromatic nitrogens is 1. The van der Waals surface area contributed by atoms with Crippen LogP contribution in [0, 0.1) is 0 Å². The molecule has 39 heavy (non-hydrogen) atoms. The molecular formula is C30H44N2O6Si. The third-order valence-electron chi connectivity index (χ3n) is 7.73. The number of rotatable bonds is 9. The molecule has 9 heteroatoms. The molecule has 3 rings (SSSR count). The second-order valence-electron chi connectivity index (χ2n) is 13.0. The van der Waals surface area contributed by atoms with E-state index in [0.29, 0.717) is 25.1 Å². The smallest absolute Gasteiger partial charge is 0.335 e. The predicted molar refractivity (Wildman–Crippen MR) is 154 cm³/mol. The van der Waals surface area contributed by atoms with Gasteiger partial charge in [-0.1, -0.05) is 32.9 Å². The van der Waals surface area contributed by atoms with Crippen LogP contribution in [0.2, 0.25) is 18.1 Å². The number of carbonyl (C=O) groups is 2.